The van der Waals surface area contributed by atoms with Gasteiger partial charge in [-0.25, -0.2) is 4.98 Å². The number of aromatic nitrogens is 1. The van der Waals surface area contributed by atoms with E-state index in [9.17, 15) is 14.9 Å². The first-order valence-corrected chi connectivity index (χ1v) is 10.0. The van der Waals surface area contributed by atoms with Crippen molar-refractivity contribution in [1.82, 2.24) is 25.0 Å². The van der Waals surface area contributed by atoms with Gasteiger partial charge in [-0.1, -0.05) is 38.4 Å². The molecule has 1 aromatic heterocycles. The number of rotatable bonds is 6. The standard InChI is InChI=1S/C19H27ClN6O3/c1-19(2,3)18(27)21-6-7-23-12-15(26(28)29)17-24(8-9-25(17)13-23)11-14-4-5-16(20)22-10-14/h4-5,10H,6-9,11-13H2,1-3H3,(H,21,27). The molecule has 0 atom stereocenters. The van der Waals surface area contributed by atoms with Crippen molar-refractivity contribution >= 4 is 17.5 Å². The summed E-state index contributed by atoms with van der Waals surface area (Å²) in [5.41, 5.74) is 0.698. The molecule has 0 unspecified atom stereocenters. The van der Waals surface area contributed by atoms with E-state index in [1.807, 2.05) is 41.5 Å². The minimum Gasteiger partial charge on any atom is -0.354 e. The first-order chi connectivity index (χ1) is 13.6. The second-order valence-electron chi connectivity index (χ2n) is 8.40. The number of carbonyl (C=O) groups excluding carboxylic acids is 1. The van der Waals surface area contributed by atoms with Crippen LogP contribution in [-0.2, 0) is 11.3 Å². The molecule has 1 amide bonds. The molecule has 1 aromatic rings. The van der Waals surface area contributed by atoms with Crippen LogP contribution < -0.4 is 5.32 Å². The molecule has 1 fully saturated rings. The van der Waals surface area contributed by atoms with Gasteiger partial charge in [0, 0.05) is 44.3 Å². The lowest BCUT2D eigenvalue weighted by Crippen LogP contribution is -2.48. The molecule has 2 aliphatic rings. The van der Waals surface area contributed by atoms with Crippen molar-refractivity contribution in [1.29, 1.82) is 0 Å². The van der Waals surface area contributed by atoms with E-state index in [-0.39, 0.29) is 23.1 Å². The van der Waals surface area contributed by atoms with Gasteiger partial charge in [0.15, 0.2) is 5.82 Å². The van der Waals surface area contributed by atoms with Gasteiger partial charge in [0.2, 0.25) is 5.91 Å². The van der Waals surface area contributed by atoms with Gasteiger partial charge in [-0.05, 0) is 11.6 Å². The third-order valence-electron chi connectivity index (χ3n) is 5.02. The Labute approximate surface area is 175 Å². The number of carbonyl (C=O) groups is 1. The third-order valence-corrected chi connectivity index (χ3v) is 5.24. The van der Waals surface area contributed by atoms with Crippen LogP contribution in [0, 0.1) is 15.5 Å². The fourth-order valence-electron chi connectivity index (χ4n) is 3.49. The van der Waals surface area contributed by atoms with Gasteiger partial charge in [0.1, 0.15) is 5.15 Å². The van der Waals surface area contributed by atoms with E-state index in [2.05, 4.69) is 10.3 Å². The molecular formula is C19H27ClN6O3. The Kier molecular flexibility index (Phi) is 6.28. The molecule has 1 N–H and O–H groups in total. The molecule has 0 aliphatic carbocycles. The highest BCUT2D eigenvalue weighted by atomic mass is 35.5. The maximum atomic E-state index is 12.0. The van der Waals surface area contributed by atoms with Crippen molar-refractivity contribution in [3.8, 4) is 0 Å². The molecule has 29 heavy (non-hydrogen) atoms. The normalized spacial score (nSPS) is 17.5. The molecular weight excluding hydrogens is 396 g/mol. The van der Waals surface area contributed by atoms with E-state index in [0.717, 1.165) is 12.1 Å². The van der Waals surface area contributed by atoms with E-state index in [1.54, 1.807) is 12.3 Å². The lowest BCUT2D eigenvalue weighted by molar-refractivity contribution is -0.433. The average Bonchev–Trinajstić information content (AvgIpc) is 3.04. The van der Waals surface area contributed by atoms with Crippen molar-refractivity contribution in [2.45, 2.75) is 27.3 Å². The molecule has 1 saturated heterocycles. The van der Waals surface area contributed by atoms with Crippen LogP contribution in [0.5, 0.6) is 0 Å². The van der Waals surface area contributed by atoms with Crippen molar-refractivity contribution in [2.24, 2.45) is 5.41 Å². The zero-order chi connectivity index (χ0) is 21.2. The number of nitrogens with one attached hydrogen (secondary N) is 1. The third kappa shape index (κ3) is 5.16. The maximum absolute atomic E-state index is 12.0. The Morgan fingerprint density at radius 1 is 1.34 bits per heavy atom. The lowest BCUT2D eigenvalue weighted by atomic mass is 9.96. The summed E-state index contributed by atoms with van der Waals surface area (Å²) in [5, 5.41) is 15.1. The molecule has 2 aliphatic heterocycles. The Balaban J connectivity index is 1.67. The number of fused-ring (bicyclic) bond motifs is 1. The second kappa shape index (κ2) is 8.54. The molecule has 3 heterocycles. The molecule has 0 spiro atoms. The molecule has 9 nitrogen and oxygen atoms in total. The summed E-state index contributed by atoms with van der Waals surface area (Å²) in [6.07, 6.45) is 1.70. The van der Waals surface area contributed by atoms with Crippen LogP contribution in [0.1, 0.15) is 26.3 Å². The smallest absolute Gasteiger partial charge is 0.300 e. The van der Waals surface area contributed by atoms with Gasteiger partial charge in [-0.2, -0.15) is 0 Å². The zero-order valence-electron chi connectivity index (χ0n) is 17.0. The second-order valence-corrected chi connectivity index (χ2v) is 8.79. The lowest BCUT2D eigenvalue weighted by Gasteiger charge is -2.34. The van der Waals surface area contributed by atoms with Crippen molar-refractivity contribution in [3.63, 3.8) is 0 Å². The summed E-state index contributed by atoms with van der Waals surface area (Å²) in [6, 6.07) is 3.61. The van der Waals surface area contributed by atoms with Crippen LogP contribution in [0.2, 0.25) is 5.15 Å². The highest BCUT2D eigenvalue weighted by Crippen LogP contribution is 2.28. The highest BCUT2D eigenvalue weighted by molar-refractivity contribution is 6.29. The number of hydrogen-bond donors (Lipinski definition) is 1. The molecule has 0 aromatic carbocycles. The number of hydrogen-bond acceptors (Lipinski definition) is 7. The van der Waals surface area contributed by atoms with Crippen LogP contribution in [-0.4, -0.2) is 69.9 Å². The predicted molar refractivity (Wildman–Crippen MR) is 109 cm³/mol. The van der Waals surface area contributed by atoms with Crippen molar-refractivity contribution < 1.29 is 9.72 Å². The van der Waals surface area contributed by atoms with E-state index >= 15 is 0 Å². The first-order valence-electron chi connectivity index (χ1n) is 9.63. The average molecular weight is 423 g/mol. The first kappa shape index (κ1) is 21.3. The van der Waals surface area contributed by atoms with Crippen LogP contribution in [0.3, 0.4) is 0 Å². The molecule has 158 valence electrons. The van der Waals surface area contributed by atoms with Crippen molar-refractivity contribution in [3.05, 3.63) is 50.7 Å². The molecule has 0 bridgehead atoms. The Morgan fingerprint density at radius 2 is 2.10 bits per heavy atom. The summed E-state index contributed by atoms with van der Waals surface area (Å²) in [7, 11) is 0. The minimum atomic E-state index is -0.451. The molecule has 0 radical (unpaired) electrons. The van der Waals surface area contributed by atoms with Gasteiger partial charge < -0.3 is 15.1 Å². The van der Waals surface area contributed by atoms with E-state index in [1.165, 1.54) is 0 Å². The summed E-state index contributed by atoms with van der Waals surface area (Å²) >= 11 is 5.84. The summed E-state index contributed by atoms with van der Waals surface area (Å²) in [4.78, 5) is 33.7. The van der Waals surface area contributed by atoms with E-state index < -0.39 is 5.41 Å². The summed E-state index contributed by atoms with van der Waals surface area (Å²) in [6.45, 7) is 9.44. The quantitative estimate of drug-likeness (QED) is 0.423. The number of halogens is 1. The van der Waals surface area contributed by atoms with Gasteiger partial charge >= 0.3 is 0 Å². The van der Waals surface area contributed by atoms with Gasteiger partial charge in [-0.3, -0.25) is 19.8 Å². The van der Waals surface area contributed by atoms with Crippen LogP contribution in [0.4, 0.5) is 0 Å². The zero-order valence-corrected chi connectivity index (χ0v) is 17.8. The Hall–Kier alpha value is -2.39. The topological polar surface area (TPSA) is 94.8 Å². The van der Waals surface area contributed by atoms with Gasteiger partial charge in [-0.15, -0.1) is 0 Å². The largest absolute Gasteiger partial charge is 0.354 e. The van der Waals surface area contributed by atoms with Crippen molar-refractivity contribution in [2.75, 3.05) is 39.4 Å². The fraction of sp³-hybridized carbons (Fsp3) is 0.579. The highest BCUT2D eigenvalue weighted by Gasteiger charge is 2.39. The number of pyridine rings is 1. The molecule has 10 heteroatoms. The molecule has 0 saturated carbocycles. The maximum Gasteiger partial charge on any atom is 0.300 e. The Morgan fingerprint density at radius 3 is 2.72 bits per heavy atom. The number of amides is 1. The summed E-state index contributed by atoms with van der Waals surface area (Å²) in [5.74, 6) is 0.657. The van der Waals surface area contributed by atoms with Crippen LogP contribution in [0.25, 0.3) is 0 Å². The van der Waals surface area contributed by atoms with E-state index in [0.29, 0.717) is 43.8 Å². The predicted octanol–water partition coefficient (Wildman–Crippen LogP) is 1.73. The summed E-state index contributed by atoms with van der Waals surface area (Å²) < 4.78 is 0. The Bertz CT molecular complexity index is 805. The van der Waals surface area contributed by atoms with Crippen LogP contribution in [0.15, 0.2) is 29.8 Å². The van der Waals surface area contributed by atoms with Gasteiger partial charge in [0.05, 0.1) is 18.1 Å². The fourth-order valence-corrected chi connectivity index (χ4v) is 3.60. The number of nitrogens with zero attached hydrogens (tertiary/aromatic N) is 5. The number of nitro groups is 1. The SMILES string of the molecule is CC(C)(C)C(=O)NCCN1CC([N+](=O)[O-])=C2N(Cc3ccc(Cl)nc3)CCN2C1. The monoisotopic (exact) mass is 422 g/mol. The van der Waals surface area contributed by atoms with Gasteiger partial charge in [0.25, 0.3) is 5.70 Å². The van der Waals surface area contributed by atoms with Crippen LogP contribution >= 0.6 is 11.6 Å². The van der Waals surface area contributed by atoms with E-state index in [4.69, 9.17) is 11.6 Å². The minimum absolute atomic E-state index is 0.0239. The molecule has 3 rings (SSSR count).